The molecule has 0 bridgehead atoms. The van der Waals surface area contributed by atoms with Gasteiger partial charge in [0, 0.05) is 0 Å². The SMILES string of the molecule is CC(C)(C)[Si](C)(C)OC(C[C@@H](CC(=O)O)OCc1ccccc1)C[C@@H](CC(=O)O)OCc1ccccc1. The first-order chi connectivity index (χ1) is 17.4. The minimum atomic E-state index is -2.26. The molecule has 0 radical (unpaired) electrons. The minimum Gasteiger partial charge on any atom is -0.481 e. The maximum atomic E-state index is 11.7. The Labute approximate surface area is 221 Å². The molecule has 0 saturated heterocycles. The van der Waals surface area contributed by atoms with E-state index >= 15 is 0 Å². The summed E-state index contributed by atoms with van der Waals surface area (Å²) in [7, 11) is -2.26. The summed E-state index contributed by atoms with van der Waals surface area (Å²) in [6.07, 6.45) is -1.27. The highest BCUT2D eigenvalue weighted by Crippen LogP contribution is 2.38. The molecular weight excluding hydrogens is 488 g/mol. The summed E-state index contributed by atoms with van der Waals surface area (Å²) in [5.74, 6) is -1.90. The predicted molar refractivity (Wildman–Crippen MR) is 146 cm³/mol. The van der Waals surface area contributed by atoms with Crippen molar-refractivity contribution in [2.24, 2.45) is 0 Å². The lowest BCUT2D eigenvalue weighted by molar-refractivity contribution is -0.141. The molecular formula is C29H42O7Si. The van der Waals surface area contributed by atoms with Gasteiger partial charge in [0.2, 0.25) is 0 Å². The van der Waals surface area contributed by atoms with Crippen molar-refractivity contribution in [2.75, 3.05) is 0 Å². The van der Waals surface area contributed by atoms with Crippen LogP contribution in [0, 0.1) is 0 Å². The van der Waals surface area contributed by atoms with Crippen LogP contribution in [0.5, 0.6) is 0 Å². The summed E-state index contributed by atoms with van der Waals surface area (Å²) in [6, 6.07) is 19.2. The Bertz CT molecular complexity index is 892. The first-order valence-electron chi connectivity index (χ1n) is 12.8. The molecule has 0 aliphatic carbocycles. The Morgan fingerprint density at radius 3 is 1.43 bits per heavy atom. The van der Waals surface area contributed by atoms with Gasteiger partial charge in [-0.05, 0) is 42.1 Å². The van der Waals surface area contributed by atoms with E-state index in [4.69, 9.17) is 13.9 Å². The molecule has 0 fully saturated rings. The molecule has 0 aromatic heterocycles. The van der Waals surface area contributed by atoms with E-state index in [9.17, 15) is 19.8 Å². The third kappa shape index (κ3) is 11.6. The lowest BCUT2D eigenvalue weighted by atomic mass is 10.0. The van der Waals surface area contributed by atoms with Crippen molar-refractivity contribution in [1.82, 2.24) is 0 Å². The number of carboxylic acids is 2. The van der Waals surface area contributed by atoms with E-state index in [-0.39, 0.29) is 31.1 Å². The van der Waals surface area contributed by atoms with Crippen LogP contribution < -0.4 is 0 Å². The Morgan fingerprint density at radius 1 is 0.730 bits per heavy atom. The summed E-state index contributed by atoms with van der Waals surface area (Å²) in [4.78, 5) is 23.3. The van der Waals surface area contributed by atoms with E-state index in [0.29, 0.717) is 12.8 Å². The smallest absolute Gasteiger partial charge is 0.305 e. The quantitative estimate of drug-likeness (QED) is 0.246. The van der Waals surface area contributed by atoms with Gasteiger partial charge in [-0.25, -0.2) is 0 Å². The highest BCUT2D eigenvalue weighted by molar-refractivity contribution is 6.74. The van der Waals surface area contributed by atoms with Gasteiger partial charge in [0.1, 0.15) is 0 Å². The number of aliphatic carboxylic acids is 2. The molecule has 2 aromatic carbocycles. The van der Waals surface area contributed by atoms with Crippen LogP contribution >= 0.6 is 0 Å². The highest BCUT2D eigenvalue weighted by atomic mass is 28.4. The summed E-state index contributed by atoms with van der Waals surface area (Å²) in [6.45, 7) is 11.2. The first-order valence-corrected chi connectivity index (χ1v) is 15.7. The number of ether oxygens (including phenoxy) is 2. The molecule has 204 valence electrons. The van der Waals surface area contributed by atoms with Crippen molar-refractivity contribution in [1.29, 1.82) is 0 Å². The maximum Gasteiger partial charge on any atom is 0.305 e. The van der Waals surface area contributed by atoms with E-state index in [0.717, 1.165) is 11.1 Å². The van der Waals surface area contributed by atoms with Crippen molar-refractivity contribution < 1.29 is 33.7 Å². The van der Waals surface area contributed by atoms with E-state index in [2.05, 4.69) is 33.9 Å². The average Bonchev–Trinajstić information content (AvgIpc) is 2.80. The predicted octanol–water partition coefficient (Wildman–Crippen LogP) is 6.28. The average molecular weight is 531 g/mol. The van der Waals surface area contributed by atoms with Crippen LogP contribution in [0.25, 0.3) is 0 Å². The van der Waals surface area contributed by atoms with Gasteiger partial charge in [-0.1, -0.05) is 81.4 Å². The third-order valence-electron chi connectivity index (χ3n) is 6.78. The third-order valence-corrected chi connectivity index (χ3v) is 11.3. The maximum absolute atomic E-state index is 11.7. The van der Waals surface area contributed by atoms with Crippen molar-refractivity contribution in [3.63, 3.8) is 0 Å². The van der Waals surface area contributed by atoms with E-state index < -0.39 is 38.6 Å². The first kappa shape index (κ1) is 30.7. The van der Waals surface area contributed by atoms with Crippen LogP contribution in [0.4, 0.5) is 0 Å². The van der Waals surface area contributed by atoms with E-state index in [1.807, 2.05) is 60.7 Å². The normalized spacial score (nSPS) is 13.9. The van der Waals surface area contributed by atoms with Gasteiger partial charge in [0.25, 0.3) is 0 Å². The summed E-state index contributed by atoms with van der Waals surface area (Å²) in [5, 5.41) is 19.0. The number of rotatable bonds is 16. The standard InChI is InChI=1S/C29H42O7Si/c1-29(2,3)37(4,5)36-26(16-24(18-27(30)31)34-20-22-12-8-6-9-13-22)17-25(19-28(32)33)35-21-23-14-10-7-11-15-23/h6-15,24-26H,16-21H2,1-5H3,(H,30,31)(H,32,33)/t24-,25-/m0/s1. The number of carboxylic acid groups (broad SMARTS) is 2. The molecule has 2 rings (SSSR count). The Kier molecular flexibility index (Phi) is 12.0. The van der Waals surface area contributed by atoms with Crippen LogP contribution in [0.15, 0.2) is 60.7 Å². The lowest BCUT2D eigenvalue weighted by Crippen LogP contribution is -2.46. The molecule has 0 heterocycles. The van der Waals surface area contributed by atoms with Gasteiger partial charge in [-0.2, -0.15) is 0 Å². The zero-order valence-corrected chi connectivity index (χ0v) is 23.7. The second kappa shape index (κ2) is 14.4. The van der Waals surface area contributed by atoms with Crippen molar-refractivity contribution in [2.45, 2.75) is 96.1 Å². The Hall–Kier alpha value is -2.52. The van der Waals surface area contributed by atoms with Gasteiger partial charge in [0.15, 0.2) is 8.32 Å². The fourth-order valence-electron chi connectivity index (χ4n) is 3.76. The summed E-state index contributed by atoms with van der Waals surface area (Å²) < 4.78 is 18.8. The molecule has 0 amide bonds. The molecule has 0 aliphatic rings. The largest absolute Gasteiger partial charge is 0.481 e. The molecule has 0 aliphatic heterocycles. The summed E-state index contributed by atoms with van der Waals surface area (Å²) >= 11 is 0. The molecule has 8 heteroatoms. The molecule has 7 nitrogen and oxygen atoms in total. The lowest BCUT2D eigenvalue weighted by Gasteiger charge is -2.40. The van der Waals surface area contributed by atoms with Crippen molar-refractivity contribution in [3.05, 3.63) is 71.8 Å². The van der Waals surface area contributed by atoms with Gasteiger partial charge < -0.3 is 24.1 Å². The van der Waals surface area contributed by atoms with Gasteiger partial charge >= 0.3 is 11.9 Å². The zero-order chi connectivity index (χ0) is 27.5. The number of hydrogen-bond acceptors (Lipinski definition) is 5. The molecule has 2 aromatic rings. The monoisotopic (exact) mass is 530 g/mol. The second-order valence-electron chi connectivity index (χ2n) is 11.0. The molecule has 2 N–H and O–H groups in total. The molecule has 2 atom stereocenters. The fraction of sp³-hybridized carbons (Fsp3) is 0.517. The molecule has 37 heavy (non-hydrogen) atoms. The summed E-state index contributed by atoms with van der Waals surface area (Å²) in [5.41, 5.74) is 1.91. The van der Waals surface area contributed by atoms with Crippen molar-refractivity contribution in [3.8, 4) is 0 Å². The van der Waals surface area contributed by atoms with Crippen molar-refractivity contribution >= 4 is 20.3 Å². The number of carbonyl (C=O) groups is 2. The molecule has 0 spiro atoms. The van der Waals surface area contributed by atoms with Crippen LogP contribution in [-0.2, 0) is 36.7 Å². The highest BCUT2D eigenvalue weighted by Gasteiger charge is 2.40. The minimum absolute atomic E-state index is 0.0777. The van der Waals surface area contributed by atoms with Crippen LogP contribution in [-0.4, -0.2) is 48.8 Å². The van der Waals surface area contributed by atoms with Gasteiger partial charge in [0.05, 0.1) is 44.4 Å². The van der Waals surface area contributed by atoms with Gasteiger partial charge in [-0.3, -0.25) is 9.59 Å². The van der Waals surface area contributed by atoms with Gasteiger partial charge in [-0.15, -0.1) is 0 Å². The second-order valence-corrected chi connectivity index (χ2v) is 15.8. The molecule has 0 unspecified atom stereocenters. The fourth-order valence-corrected chi connectivity index (χ4v) is 5.14. The Morgan fingerprint density at radius 2 is 1.11 bits per heavy atom. The topological polar surface area (TPSA) is 102 Å². The Balaban J connectivity index is 2.23. The van der Waals surface area contributed by atoms with E-state index in [1.54, 1.807) is 0 Å². The molecule has 0 saturated carbocycles. The van der Waals surface area contributed by atoms with Crippen LogP contribution in [0.1, 0.15) is 57.6 Å². The van der Waals surface area contributed by atoms with Crippen LogP contribution in [0.2, 0.25) is 18.1 Å². The number of hydrogen-bond donors (Lipinski definition) is 2. The zero-order valence-electron chi connectivity index (χ0n) is 22.7. The van der Waals surface area contributed by atoms with Crippen LogP contribution in [0.3, 0.4) is 0 Å². The number of benzene rings is 2. The van der Waals surface area contributed by atoms with E-state index in [1.165, 1.54) is 0 Å².